The highest BCUT2D eigenvalue weighted by atomic mass is 16.6. The number of carboxylic acids is 2. The minimum atomic E-state index is -1.62. The van der Waals surface area contributed by atoms with Crippen molar-refractivity contribution in [3.05, 3.63) is 185 Å². The van der Waals surface area contributed by atoms with E-state index in [-0.39, 0.29) is 64.1 Å². The van der Waals surface area contributed by atoms with Crippen molar-refractivity contribution in [1.82, 2.24) is 25.4 Å². The van der Waals surface area contributed by atoms with E-state index in [4.69, 9.17) is 28.4 Å². The number of ether oxygens (including phenoxy) is 6. The molecule has 4 N–H and O–H groups in total. The molecule has 88 heavy (non-hydrogen) atoms. The van der Waals surface area contributed by atoms with Crippen LogP contribution in [0.1, 0.15) is 99.6 Å². The first kappa shape index (κ1) is 60.4. The van der Waals surface area contributed by atoms with Crippen molar-refractivity contribution in [3.63, 3.8) is 0 Å². The molecule has 5 aliphatic rings. The van der Waals surface area contributed by atoms with Crippen LogP contribution in [0, 0.1) is 0 Å². The Morgan fingerprint density at radius 1 is 0.545 bits per heavy atom. The molecule has 456 valence electrons. The molecule has 0 radical (unpaired) electrons. The van der Waals surface area contributed by atoms with Gasteiger partial charge in [-0.05, 0) is 115 Å². The number of amides is 2. The zero-order chi connectivity index (χ0) is 62.1. The molecule has 6 aromatic carbocycles. The summed E-state index contributed by atoms with van der Waals surface area (Å²) >= 11 is 0. The predicted octanol–water partition coefficient (Wildman–Crippen LogP) is 10.2. The normalized spacial score (nSPS) is 20.0. The molecule has 2 amide bonds. The van der Waals surface area contributed by atoms with Gasteiger partial charge in [0.05, 0.1) is 18.6 Å². The number of para-hydroxylation sites is 1. The summed E-state index contributed by atoms with van der Waals surface area (Å²) in [5.41, 5.74) is 5.97. The molecule has 4 atom stereocenters. The lowest BCUT2D eigenvalue weighted by Crippen LogP contribution is -2.54. The van der Waals surface area contributed by atoms with Gasteiger partial charge in [0.15, 0.2) is 11.5 Å². The summed E-state index contributed by atoms with van der Waals surface area (Å²) in [6.45, 7) is 11.1. The number of aliphatic carboxylic acids is 2. The van der Waals surface area contributed by atoms with E-state index in [1.54, 1.807) is 59.9 Å². The number of carboxylic acid groups (broad SMARTS) is 2. The molecule has 19 heteroatoms. The Balaban J connectivity index is 0.000000182. The number of benzene rings is 6. The number of nitrogens with zero attached hydrogens (tertiary/aromatic N) is 3. The lowest BCUT2D eigenvalue weighted by molar-refractivity contribution is -0.161. The van der Waals surface area contributed by atoms with E-state index < -0.39 is 70.4 Å². The summed E-state index contributed by atoms with van der Waals surface area (Å²) in [6.07, 6.45) is -0.219. The van der Waals surface area contributed by atoms with E-state index in [1.807, 2.05) is 133 Å². The van der Waals surface area contributed by atoms with Gasteiger partial charge >= 0.3 is 36.1 Å². The van der Waals surface area contributed by atoms with Gasteiger partial charge in [0, 0.05) is 49.4 Å². The zero-order valence-electron chi connectivity index (χ0n) is 49.9. The highest BCUT2D eigenvalue weighted by Gasteiger charge is 2.57. The van der Waals surface area contributed by atoms with E-state index in [2.05, 4.69) is 15.6 Å². The Bertz CT molecular complexity index is 3740. The van der Waals surface area contributed by atoms with Gasteiger partial charge in [0.1, 0.15) is 60.8 Å². The summed E-state index contributed by atoms with van der Waals surface area (Å²) in [7, 11) is 0. The maximum absolute atomic E-state index is 13.7. The minimum Gasteiger partial charge on any atom is -0.486 e. The first-order valence-electron chi connectivity index (χ1n) is 29.5. The third-order valence-corrected chi connectivity index (χ3v) is 16.6. The highest BCUT2D eigenvalue weighted by molar-refractivity contribution is 5.90. The van der Waals surface area contributed by atoms with Gasteiger partial charge < -0.3 is 38.6 Å². The molecule has 4 unspecified atom stereocenters. The van der Waals surface area contributed by atoms with Crippen LogP contribution in [0.3, 0.4) is 0 Å². The molecule has 0 bridgehead atoms. The summed E-state index contributed by atoms with van der Waals surface area (Å²) in [6, 6.07) is 44.5. The van der Waals surface area contributed by atoms with Gasteiger partial charge in [0.25, 0.3) is 0 Å². The van der Waals surface area contributed by atoms with Crippen molar-refractivity contribution in [3.8, 4) is 33.8 Å². The zero-order valence-corrected chi connectivity index (χ0v) is 49.9. The number of hydrogen-bond acceptors (Lipinski definition) is 15. The van der Waals surface area contributed by atoms with Gasteiger partial charge in [-0.15, -0.1) is 0 Å². The Labute approximate surface area is 509 Å². The Morgan fingerprint density at radius 3 is 1.43 bits per heavy atom. The SMILES string of the molecule is CC(C)(C)OC(=O)C1CC(NCc2ccc3c(c2)OCCO3)(C(=O)O)CN1C(=O)OCC1c2ccccc2-c2ccccc21.CC(C)(C)OC(=O)C1CC(NCc2cccc3cccnc23)(C(=O)O)CN1C(=O)OCC1c2ccccc2-c2ccccc21. The number of pyridine rings is 1. The molecule has 2 saturated heterocycles. The number of nitrogens with one attached hydrogen (secondary N) is 2. The maximum Gasteiger partial charge on any atom is 0.410 e. The van der Waals surface area contributed by atoms with Gasteiger partial charge in [-0.1, -0.05) is 127 Å². The van der Waals surface area contributed by atoms with E-state index in [0.29, 0.717) is 24.7 Å². The van der Waals surface area contributed by atoms with Crippen LogP contribution >= 0.6 is 0 Å². The van der Waals surface area contributed by atoms with Crippen LogP contribution in [0.25, 0.3) is 33.2 Å². The quantitative estimate of drug-likeness (QED) is 0.0584. The molecule has 2 fully saturated rings. The number of carbonyl (C=O) groups excluding carboxylic acids is 4. The molecule has 1 aromatic heterocycles. The Kier molecular flexibility index (Phi) is 16.8. The van der Waals surface area contributed by atoms with Crippen LogP contribution in [0.15, 0.2) is 152 Å². The fourth-order valence-corrected chi connectivity index (χ4v) is 12.5. The molecule has 7 aromatic rings. The summed E-state index contributed by atoms with van der Waals surface area (Å²) in [5, 5.41) is 28.2. The van der Waals surface area contributed by atoms with Crippen LogP contribution in [0.5, 0.6) is 11.5 Å². The fourth-order valence-electron chi connectivity index (χ4n) is 12.5. The second kappa shape index (κ2) is 24.4. The van der Waals surface area contributed by atoms with Crippen molar-refractivity contribution in [2.45, 2.75) is 114 Å². The van der Waals surface area contributed by atoms with Crippen LogP contribution in [-0.2, 0) is 51.2 Å². The number of carbonyl (C=O) groups is 6. The van der Waals surface area contributed by atoms with Gasteiger partial charge in [-0.25, -0.2) is 19.2 Å². The molecular formula is C69H71N5O14. The number of fused-ring (bicyclic) bond motifs is 8. The average molecular weight is 1190 g/mol. The summed E-state index contributed by atoms with van der Waals surface area (Å²) < 4.78 is 34.3. The monoisotopic (exact) mass is 1190 g/mol. The second-order valence-electron chi connectivity index (χ2n) is 24.8. The van der Waals surface area contributed by atoms with Crippen molar-refractivity contribution < 1.29 is 67.4 Å². The van der Waals surface area contributed by atoms with Crippen LogP contribution in [0.4, 0.5) is 9.59 Å². The molecule has 4 heterocycles. The van der Waals surface area contributed by atoms with Gasteiger partial charge in [0.2, 0.25) is 0 Å². The second-order valence-corrected chi connectivity index (χ2v) is 24.8. The van der Waals surface area contributed by atoms with E-state index in [9.17, 15) is 39.0 Å². The molecule has 0 saturated carbocycles. The standard InChI is InChI=1S/C35H35N3O6.C34H36N2O8/c1-34(2,3)44-31(39)29-18-35(32(40)41,37-19-23-11-8-10-22-12-9-17-36-30(22)23)21-38(29)33(42)43-20-28-26-15-6-4-13-24(26)25-14-5-7-16-27(25)28;1-33(2,3)44-30(37)27-17-34(31(38)39,35-18-21-12-13-28-29(16-21)42-15-14-41-28)20-36(27)32(40)43-19-26-24-10-6-4-8-22(24)23-9-5-7-11-25(23)26/h4-17,28-29,37H,18-21H2,1-3H3,(H,40,41);4-13,16,26-27,35H,14-15,17-20H2,1-3H3,(H,38,39). The van der Waals surface area contributed by atoms with E-state index >= 15 is 0 Å². The lowest BCUT2D eigenvalue weighted by atomic mass is 9.95. The molecule has 3 aliphatic heterocycles. The first-order valence-corrected chi connectivity index (χ1v) is 29.5. The fraction of sp³-hybridized carbons (Fsp3) is 0.348. The third kappa shape index (κ3) is 12.5. The Hall–Kier alpha value is -9.33. The minimum absolute atomic E-state index is 0.0368. The van der Waals surface area contributed by atoms with Crippen molar-refractivity contribution in [2.24, 2.45) is 0 Å². The summed E-state index contributed by atoms with van der Waals surface area (Å²) in [4.78, 5) is 86.8. The van der Waals surface area contributed by atoms with Gasteiger partial charge in [-0.2, -0.15) is 0 Å². The van der Waals surface area contributed by atoms with Crippen molar-refractivity contribution >= 4 is 47.0 Å². The lowest BCUT2D eigenvalue weighted by Gasteiger charge is -2.27. The Morgan fingerprint density at radius 2 is 0.977 bits per heavy atom. The van der Waals surface area contributed by atoms with E-state index in [0.717, 1.165) is 66.5 Å². The van der Waals surface area contributed by atoms with Gasteiger partial charge in [-0.3, -0.25) is 35.0 Å². The first-order chi connectivity index (χ1) is 42.1. The van der Waals surface area contributed by atoms with Crippen molar-refractivity contribution in [1.29, 1.82) is 0 Å². The van der Waals surface area contributed by atoms with Crippen molar-refractivity contribution in [2.75, 3.05) is 39.5 Å². The average Bonchev–Trinajstić information content (AvgIpc) is 2.40. The number of esters is 2. The molecule has 19 nitrogen and oxygen atoms in total. The van der Waals surface area contributed by atoms with Crippen LogP contribution in [-0.4, -0.2) is 135 Å². The highest BCUT2D eigenvalue weighted by Crippen LogP contribution is 2.47. The van der Waals surface area contributed by atoms with E-state index in [1.165, 1.54) is 9.80 Å². The smallest absolute Gasteiger partial charge is 0.410 e. The third-order valence-electron chi connectivity index (χ3n) is 16.6. The molecule has 12 rings (SSSR count). The molecular weight excluding hydrogens is 1120 g/mol. The molecule has 0 spiro atoms. The largest absolute Gasteiger partial charge is 0.486 e. The number of hydrogen-bond donors (Lipinski definition) is 4. The molecule has 2 aliphatic carbocycles. The number of aromatic nitrogens is 1. The van der Waals surface area contributed by atoms with Crippen LogP contribution < -0.4 is 20.1 Å². The summed E-state index contributed by atoms with van der Waals surface area (Å²) in [5.74, 6) is -2.89. The topological polar surface area (TPSA) is 242 Å². The number of likely N-dealkylation sites (tertiary alicyclic amines) is 2. The van der Waals surface area contributed by atoms with Crippen LogP contribution in [0.2, 0.25) is 0 Å². The predicted molar refractivity (Wildman–Crippen MR) is 326 cm³/mol. The maximum atomic E-state index is 13.7. The number of rotatable bonds is 14.